The van der Waals surface area contributed by atoms with Crippen LogP contribution in [0.25, 0.3) is 0 Å². The second kappa shape index (κ2) is 7.88. The summed E-state index contributed by atoms with van der Waals surface area (Å²) < 4.78 is 0. The Balaban J connectivity index is 2.33. The third-order valence-corrected chi connectivity index (χ3v) is 9.07. The van der Waals surface area contributed by atoms with Gasteiger partial charge in [-0.2, -0.15) is 0 Å². The molecule has 2 aromatic rings. The van der Waals surface area contributed by atoms with Crippen molar-refractivity contribution in [3.63, 3.8) is 0 Å². The highest BCUT2D eigenvalue weighted by atomic mass is 31.1. The van der Waals surface area contributed by atoms with E-state index < -0.39 is 7.92 Å². The zero-order valence-electron chi connectivity index (χ0n) is 18.0. The van der Waals surface area contributed by atoms with E-state index in [0.29, 0.717) is 11.7 Å². The number of benzene rings is 2. The Hall–Kier alpha value is -1.85. The fraction of sp³-hybridized carbons (Fsp3) is 0.385. The maximum absolute atomic E-state index is 11.5. The molecule has 0 radical (unpaired) electrons. The quantitative estimate of drug-likeness (QED) is 0.589. The highest BCUT2D eigenvalue weighted by Crippen LogP contribution is 2.58. The van der Waals surface area contributed by atoms with Gasteiger partial charge in [-0.05, 0) is 43.1 Å². The molecule has 2 aromatic carbocycles. The minimum absolute atomic E-state index is 0.0775. The number of phenols is 1. The van der Waals surface area contributed by atoms with Gasteiger partial charge in [-0.15, -0.1) is 0 Å². The van der Waals surface area contributed by atoms with E-state index >= 15 is 0 Å². The van der Waals surface area contributed by atoms with Gasteiger partial charge in [0.25, 0.3) is 0 Å². The number of rotatable bonds is 5. The van der Waals surface area contributed by atoms with Gasteiger partial charge in [-0.3, -0.25) is 0 Å². The van der Waals surface area contributed by atoms with Gasteiger partial charge in [0.05, 0.1) is 0 Å². The lowest BCUT2D eigenvalue weighted by Crippen LogP contribution is -2.37. The van der Waals surface area contributed by atoms with Gasteiger partial charge in [-0.1, -0.05) is 102 Å². The second-order valence-electron chi connectivity index (χ2n) is 9.02. The SMILES string of the molecule is CCC(C)C1(P(c2ccccc2)c2cc(C)cc(C(C)(C)C)c2O)C=CC=C1. The summed E-state index contributed by atoms with van der Waals surface area (Å²) in [6.07, 6.45) is 10.2. The van der Waals surface area contributed by atoms with Crippen LogP contribution in [0.2, 0.25) is 0 Å². The number of phenolic OH excluding ortho intramolecular Hbond substituents is 1. The lowest BCUT2D eigenvalue weighted by atomic mass is 9.85. The summed E-state index contributed by atoms with van der Waals surface area (Å²) in [5.41, 5.74) is 2.15. The molecular weight excluding hydrogens is 359 g/mol. The molecule has 3 rings (SSSR count). The molecule has 1 N–H and O–H groups in total. The fourth-order valence-corrected chi connectivity index (χ4v) is 7.52. The predicted molar refractivity (Wildman–Crippen MR) is 125 cm³/mol. The molecule has 0 amide bonds. The maximum atomic E-state index is 11.5. The molecule has 0 aromatic heterocycles. The molecule has 1 aliphatic rings. The van der Waals surface area contributed by atoms with Crippen LogP contribution in [0.3, 0.4) is 0 Å². The molecule has 2 atom stereocenters. The standard InChI is InChI=1S/C26H33OP/c1-7-20(3)26(15-11-12-16-26)28(21-13-9-8-10-14-21)23-18-19(2)17-22(24(23)27)25(4,5)6/h8-18,20,27H,7H2,1-6H3. The molecule has 0 saturated carbocycles. The third-order valence-electron chi connectivity index (χ3n) is 5.92. The van der Waals surface area contributed by atoms with Crippen molar-refractivity contribution < 1.29 is 5.11 Å². The zero-order chi connectivity index (χ0) is 20.5. The number of hydrogen-bond donors (Lipinski definition) is 1. The van der Waals surface area contributed by atoms with E-state index in [9.17, 15) is 5.11 Å². The molecule has 1 nitrogen and oxygen atoms in total. The lowest BCUT2D eigenvalue weighted by Gasteiger charge is -2.41. The van der Waals surface area contributed by atoms with Crippen LogP contribution in [-0.2, 0) is 5.41 Å². The Morgan fingerprint density at radius 3 is 2.18 bits per heavy atom. The topological polar surface area (TPSA) is 20.2 Å². The van der Waals surface area contributed by atoms with Crippen LogP contribution in [0.5, 0.6) is 5.75 Å². The van der Waals surface area contributed by atoms with E-state index in [2.05, 4.69) is 108 Å². The number of aryl methyl sites for hydroxylation is 1. The summed E-state index contributed by atoms with van der Waals surface area (Å²) in [5, 5.41) is 13.8. The van der Waals surface area contributed by atoms with E-state index in [0.717, 1.165) is 17.3 Å². The summed E-state index contributed by atoms with van der Waals surface area (Å²) in [4.78, 5) is 0. The van der Waals surface area contributed by atoms with E-state index in [1.807, 2.05) is 0 Å². The van der Waals surface area contributed by atoms with Gasteiger partial charge in [0.1, 0.15) is 5.75 Å². The van der Waals surface area contributed by atoms with Crippen LogP contribution in [0.1, 0.15) is 52.2 Å². The molecule has 0 bridgehead atoms. The highest BCUT2D eigenvalue weighted by molar-refractivity contribution is 7.75. The summed E-state index contributed by atoms with van der Waals surface area (Å²) in [6.45, 7) is 13.3. The summed E-state index contributed by atoms with van der Waals surface area (Å²) in [6, 6.07) is 15.1. The molecule has 2 unspecified atom stereocenters. The Morgan fingerprint density at radius 2 is 1.64 bits per heavy atom. The van der Waals surface area contributed by atoms with Gasteiger partial charge in [0, 0.05) is 16.0 Å². The maximum Gasteiger partial charge on any atom is 0.127 e. The number of hydrogen-bond acceptors (Lipinski definition) is 1. The van der Waals surface area contributed by atoms with Gasteiger partial charge in [0.2, 0.25) is 0 Å². The van der Waals surface area contributed by atoms with Crippen LogP contribution in [0.15, 0.2) is 66.8 Å². The molecule has 0 saturated heterocycles. The average Bonchev–Trinajstić information content (AvgIpc) is 3.14. The van der Waals surface area contributed by atoms with E-state index in [-0.39, 0.29) is 10.6 Å². The average molecular weight is 393 g/mol. The zero-order valence-corrected chi connectivity index (χ0v) is 18.9. The molecule has 28 heavy (non-hydrogen) atoms. The predicted octanol–water partition coefficient (Wildman–Crippen LogP) is 6.34. The molecule has 2 heteroatoms. The van der Waals surface area contributed by atoms with E-state index in [1.165, 1.54) is 10.9 Å². The largest absolute Gasteiger partial charge is 0.507 e. The molecule has 1 aliphatic carbocycles. The van der Waals surface area contributed by atoms with Gasteiger partial charge >= 0.3 is 0 Å². The van der Waals surface area contributed by atoms with Crippen molar-refractivity contribution in [2.75, 3.05) is 0 Å². The van der Waals surface area contributed by atoms with Gasteiger partial charge in [-0.25, -0.2) is 0 Å². The first-order chi connectivity index (χ1) is 13.2. The summed E-state index contributed by atoms with van der Waals surface area (Å²) in [5.74, 6) is 0.955. The normalized spacial score (nSPS) is 17.6. The highest BCUT2D eigenvalue weighted by Gasteiger charge is 2.43. The van der Waals surface area contributed by atoms with E-state index in [4.69, 9.17) is 0 Å². The van der Waals surface area contributed by atoms with Gasteiger partial charge in [0.15, 0.2) is 0 Å². The van der Waals surface area contributed by atoms with Crippen molar-refractivity contribution >= 4 is 18.5 Å². The molecule has 0 aliphatic heterocycles. The second-order valence-corrected chi connectivity index (χ2v) is 11.5. The summed E-state index contributed by atoms with van der Waals surface area (Å²) in [7, 11) is -0.806. The van der Waals surface area contributed by atoms with Crippen LogP contribution in [-0.4, -0.2) is 10.3 Å². The van der Waals surface area contributed by atoms with Crippen LogP contribution >= 0.6 is 7.92 Å². The van der Waals surface area contributed by atoms with Crippen molar-refractivity contribution in [2.45, 2.75) is 58.5 Å². The van der Waals surface area contributed by atoms with Crippen LogP contribution in [0.4, 0.5) is 0 Å². The number of allylic oxidation sites excluding steroid dienone is 4. The Kier molecular flexibility index (Phi) is 5.87. The van der Waals surface area contributed by atoms with Crippen LogP contribution < -0.4 is 10.6 Å². The molecular formula is C26H33OP. The first-order valence-corrected chi connectivity index (χ1v) is 11.6. The molecule has 0 heterocycles. The molecule has 148 valence electrons. The van der Waals surface area contributed by atoms with Crippen molar-refractivity contribution in [3.05, 3.63) is 77.9 Å². The molecule has 0 fully saturated rings. The van der Waals surface area contributed by atoms with Crippen molar-refractivity contribution in [1.82, 2.24) is 0 Å². The van der Waals surface area contributed by atoms with Crippen molar-refractivity contribution in [2.24, 2.45) is 5.92 Å². The molecule has 0 spiro atoms. The smallest absolute Gasteiger partial charge is 0.127 e. The Morgan fingerprint density at radius 1 is 1.04 bits per heavy atom. The first-order valence-electron chi connectivity index (χ1n) is 10.3. The van der Waals surface area contributed by atoms with Crippen molar-refractivity contribution in [1.29, 1.82) is 0 Å². The Labute approximate surface area is 172 Å². The third kappa shape index (κ3) is 3.70. The van der Waals surface area contributed by atoms with Gasteiger partial charge < -0.3 is 5.11 Å². The van der Waals surface area contributed by atoms with Crippen LogP contribution in [0, 0.1) is 12.8 Å². The minimum Gasteiger partial charge on any atom is -0.507 e. The summed E-state index contributed by atoms with van der Waals surface area (Å²) >= 11 is 0. The fourth-order valence-electron chi connectivity index (χ4n) is 4.15. The lowest BCUT2D eigenvalue weighted by molar-refractivity contribution is 0.450. The Bertz CT molecular complexity index is 875. The number of aromatic hydroxyl groups is 1. The minimum atomic E-state index is -0.806. The first kappa shape index (κ1) is 20.9. The van der Waals surface area contributed by atoms with E-state index in [1.54, 1.807) is 0 Å². The van der Waals surface area contributed by atoms with Crippen molar-refractivity contribution in [3.8, 4) is 5.75 Å². The monoisotopic (exact) mass is 392 g/mol.